The zero-order valence-electron chi connectivity index (χ0n) is 14.5. The van der Waals surface area contributed by atoms with Crippen LogP contribution in [0.25, 0.3) is 0 Å². The van der Waals surface area contributed by atoms with E-state index < -0.39 is 0 Å². The lowest BCUT2D eigenvalue weighted by atomic mass is 9.76. The molecule has 7 heteroatoms. The summed E-state index contributed by atoms with van der Waals surface area (Å²) in [6, 6.07) is 10.5. The molecule has 3 heterocycles. The smallest absolute Gasteiger partial charge is 0.267 e. The van der Waals surface area contributed by atoms with Gasteiger partial charge in [-0.2, -0.15) is 10.2 Å². The maximum atomic E-state index is 12.3. The molecule has 0 saturated carbocycles. The van der Waals surface area contributed by atoms with Crippen LogP contribution in [0, 0.1) is 0 Å². The number of aromatic amines is 1. The molecule has 2 aliphatic rings. The van der Waals surface area contributed by atoms with Gasteiger partial charge in [0.1, 0.15) is 12.2 Å². The van der Waals surface area contributed by atoms with Crippen molar-refractivity contribution in [1.29, 1.82) is 0 Å². The molecule has 132 valence electrons. The quantitative estimate of drug-likeness (QED) is 0.737. The Morgan fingerprint density at radius 2 is 2.08 bits per heavy atom. The summed E-state index contributed by atoms with van der Waals surface area (Å²) >= 11 is 0. The summed E-state index contributed by atoms with van der Waals surface area (Å²) in [5.74, 6) is 0.738. The first-order valence-corrected chi connectivity index (χ1v) is 9.00. The Balaban J connectivity index is 1.76. The van der Waals surface area contributed by atoms with Crippen molar-refractivity contribution in [2.24, 2.45) is 7.05 Å². The first-order valence-electron chi connectivity index (χ1n) is 9.00. The minimum absolute atomic E-state index is 0.0287. The molecule has 26 heavy (non-hydrogen) atoms. The highest BCUT2D eigenvalue weighted by Crippen LogP contribution is 2.46. The van der Waals surface area contributed by atoms with E-state index >= 15 is 0 Å². The van der Waals surface area contributed by atoms with Gasteiger partial charge in [0, 0.05) is 30.3 Å². The van der Waals surface area contributed by atoms with Gasteiger partial charge in [0.25, 0.3) is 5.56 Å². The monoisotopic (exact) mass is 348 g/mol. The summed E-state index contributed by atoms with van der Waals surface area (Å²) in [5.41, 5.74) is 3.99. The van der Waals surface area contributed by atoms with Gasteiger partial charge in [-0.1, -0.05) is 30.3 Å². The van der Waals surface area contributed by atoms with E-state index in [4.69, 9.17) is 0 Å². The van der Waals surface area contributed by atoms with Gasteiger partial charge in [0.2, 0.25) is 0 Å². The van der Waals surface area contributed by atoms with Crippen LogP contribution in [0.4, 0.5) is 0 Å². The van der Waals surface area contributed by atoms with Crippen molar-refractivity contribution < 1.29 is 0 Å². The van der Waals surface area contributed by atoms with Crippen LogP contribution in [0.3, 0.4) is 0 Å². The highest BCUT2D eigenvalue weighted by atomic mass is 16.1. The van der Waals surface area contributed by atoms with E-state index in [1.165, 1.54) is 5.56 Å². The summed E-state index contributed by atoms with van der Waals surface area (Å²) in [6.45, 7) is 0. The van der Waals surface area contributed by atoms with Crippen LogP contribution in [0.2, 0.25) is 0 Å². The average molecular weight is 348 g/mol. The van der Waals surface area contributed by atoms with Gasteiger partial charge in [-0.25, -0.2) is 10.1 Å². The molecule has 7 nitrogen and oxygen atoms in total. The number of aryl methyl sites for hydroxylation is 1. The lowest BCUT2D eigenvalue weighted by Crippen LogP contribution is -2.42. The van der Waals surface area contributed by atoms with Gasteiger partial charge in [-0.15, -0.1) is 0 Å². The van der Waals surface area contributed by atoms with Crippen molar-refractivity contribution in [2.75, 3.05) is 0 Å². The zero-order valence-corrected chi connectivity index (χ0v) is 14.5. The zero-order chi connectivity index (χ0) is 17.7. The number of hydrogen-bond donors (Lipinski definition) is 2. The molecule has 0 spiro atoms. The third-order valence-electron chi connectivity index (χ3n) is 5.61. The first-order chi connectivity index (χ1) is 12.7. The van der Waals surface area contributed by atoms with Gasteiger partial charge < -0.3 is 5.32 Å². The second-order valence-corrected chi connectivity index (χ2v) is 7.05. The van der Waals surface area contributed by atoms with E-state index in [0.29, 0.717) is 0 Å². The van der Waals surface area contributed by atoms with Crippen LogP contribution in [0.1, 0.15) is 59.1 Å². The number of nitrogens with zero attached hydrogens (tertiary/aromatic N) is 4. The molecule has 0 amide bonds. The van der Waals surface area contributed by atoms with Crippen LogP contribution < -0.4 is 10.9 Å². The maximum absolute atomic E-state index is 12.3. The SMILES string of the molecule is Cn1ncnc1C1c2n[nH]c(=O)c3c2C(CCC3)NC1c1ccccc1. The first kappa shape index (κ1) is 15.5. The largest absolute Gasteiger partial charge is 0.302 e. The highest BCUT2D eigenvalue weighted by molar-refractivity contribution is 5.43. The fourth-order valence-electron chi connectivity index (χ4n) is 4.46. The Morgan fingerprint density at radius 1 is 1.23 bits per heavy atom. The number of rotatable bonds is 2. The lowest BCUT2D eigenvalue weighted by Gasteiger charge is -2.40. The molecular formula is C19H20N6O. The van der Waals surface area contributed by atoms with E-state index in [1.807, 2.05) is 25.2 Å². The molecule has 0 bridgehead atoms. The standard InChI is InChI=1S/C19H20N6O/c1-25-18(20-10-21-25)15-16(11-6-3-2-4-7-11)22-13-9-5-8-12-14(13)17(15)23-24-19(12)26/h2-4,6-7,10,13,15-16,22H,5,8-9H2,1H3,(H,24,26). The minimum Gasteiger partial charge on any atom is -0.302 e. The molecule has 0 saturated heterocycles. The second kappa shape index (κ2) is 5.88. The Labute approximate surface area is 150 Å². The molecule has 0 radical (unpaired) electrons. The molecule has 1 aromatic carbocycles. The molecule has 3 unspecified atom stereocenters. The maximum Gasteiger partial charge on any atom is 0.267 e. The number of benzene rings is 1. The van der Waals surface area contributed by atoms with Crippen LogP contribution in [-0.2, 0) is 13.5 Å². The van der Waals surface area contributed by atoms with Crippen LogP contribution in [0.5, 0.6) is 0 Å². The molecule has 0 fully saturated rings. The predicted molar refractivity (Wildman–Crippen MR) is 95.7 cm³/mol. The normalized spacial score (nSPS) is 24.3. The molecule has 1 aliphatic carbocycles. The summed E-state index contributed by atoms with van der Waals surface area (Å²) in [6.07, 6.45) is 4.40. The fourth-order valence-corrected chi connectivity index (χ4v) is 4.46. The van der Waals surface area contributed by atoms with Gasteiger partial charge in [-0.05, 0) is 24.8 Å². The van der Waals surface area contributed by atoms with Crippen molar-refractivity contribution in [3.63, 3.8) is 0 Å². The van der Waals surface area contributed by atoms with Gasteiger partial charge in [0.05, 0.1) is 11.6 Å². The molecule has 1 aliphatic heterocycles. The van der Waals surface area contributed by atoms with Crippen molar-refractivity contribution in [2.45, 2.75) is 37.3 Å². The number of H-pyrrole nitrogens is 1. The summed E-state index contributed by atoms with van der Waals surface area (Å²) < 4.78 is 1.80. The minimum atomic E-state index is -0.107. The predicted octanol–water partition coefficient (Wildman–Crippen LogP) is 1.75. The molecule has 5 rings (SSSR count). The second-order valence-electron chi connectivity index (χ2n) is 7.05. The molecular weight excluding hydrogens is 328 g/mol. The Hall–Kier alpha value is -2.80. The van der Waals surface area contributed by atoms with Crippen LogP contribution in [0.15, 0.2) is 41.5 Å². The van der Waals surface area contributed by atoms with Crippen LogP contribution >= 0.6 is 0 Å². The van der Waals surface area contributed by atoms with E-state index in [1.54, 1.807) is 11.0 Å². The van der Waals surface area contributed by atoms with Crippen LogP contribution in [-0.4, -0.2) is 25.0 Å². The number of aromatic nitrogens is 5. The highest BCUT2D eigenvalue weighted by Gasteiger charge is 2.42. The number of hydrogen-bond acceptors (Lipinski definition) is 5. The van der Waals surface area contributed by atoms with Crippen molar-refractivity contribution in [1.82, 2.24) is 30.3 Å². The Morgan fingerprint density at radius 3 is 2.85 bits per heavy atom. The fraction of sp³-hybridized carbons (Fsp3) is 0.368. The molecule has 2 N–H and O–H groups in total. The summed E-state index contributed by atoms with van der Waals surface area (Å²) in [5, 5.41) is 15.3. The third kappa shape index (κ3) is 2.24. The van der Waals surface area contributed by atoms with E-state index in [-0.39, 0.29) is 23.6 Å². The summed E-state index contributed by atoms with van der Waals surface area (Å²) in [4.78, 5) is 16.8. The average Bonchev–Trinajstić information content (AvgIpc) is 3.10. The molecule has 3 atom stereocenters. The van der Waals surface area contributed by atoms with Gasteiger partial charge in [0.15, 0.2) is 0 Å². The van der Waals surface area contributed by atoms with E-state index in [2.05, 4.69) is 37.7 Å². The Kier molecular flexibility index (Phi) is 3.49. The number of nitrogens with one attached hydrogen (secondary N) is 2. The van der Waals surface area contributed by atoms with Crippen molar-refractivity contribution in [3.8, 4) is 0 Å². The van der Waals surface area contributed by atoms with Gasteiger partial charge >= 0.3 is 0 Å². The van der Waals surface area contributed by atoms with Crippen molar-refractivity contribution in [3.05, 3.63) is 75.2 Å². The van der Waals surface area contributed by atoms with E-state index in [9.17, 15) is 4.79 Å². The molecule has 2 aromatic heterocycles. The van der Waals surface area contributed by atoms with E-state index in [0.717, 1.165) is 41.9 Å². The topological polar surface area (TPSA) is 88.5 Å². The Bertz CT molecular complexity index is 1010. The third-order valence-corrected chi connectivity index (χ3v) is 5.61. The molecule has 3 aromatic rings. The summed E-state index contributed by atoms with van der Waals surface area (Å²) in [7, 11) is 1.90. The lowest BCUT2D eigenvalue weighted by molar-refractivity contribution is 0.326. The van der Waals surface area contributed by atoms with Crippen molar-refractivity contribution >= 4 is 0 Å². The van der Waals surface area contributed by atoms with Gasteiger partial charge in [-0.3, -0.25) is 9.48 Å².